The summed E-state index contributed by atoms with van der Waals surface area (Å²) >= 11 is 0. The van der Waals surface area contributed by atoms with E-state index in [0.29, 0.717) is 17.6 Å². The molecule has 2 aliphatic rings. The van der Waals surface area contributed by atoms with E-state index in [1.54, 1.807) is 21.3 Å². The number of ketones is 1. The number of benzene rings is 2. The maximum Gasteiger partial charge on any atom is 0.174 e. The van der Waals surface area contributed by atoms with Gasteiger partial charge < -0.3 is 14.2 Å². The minimum Gasteiger partial charge on any atom is -0.497 e. The van der Waals surface area contributed by atoms with Crippen molar-refractivity contribution in [3.05, 3.63) is 53.1 Å². The Bertz CT molecular complexity index is 840. The smallest absolute Gasteiger partial charge is 0.174 e. The number of rotatable bonds is 4. The van der Waals surface area contributed by atoms with Crippen LogP contribution in [-0.2, 0) is 0 Å². The van der Waals surface area contributed by atoms with E-state index >= 15 is 0 Å². The zero-order valence-electron chi connectivity index (χ0n) is 16.2. The second-order valence-corrected chi connectivity index (χ2v) is 7.46. The molecular weight excluding hydrogens is 340 g/mol. The summed E-state index contributed by atoms with van der Waals surface area (Å²) in [7, 11) is 4.94. The van der Waals surface area contributed by atoms with E-state index in [2.05, 4.69) is 0 Å². The molecule has 1 saturated carbocycles. The van der Waals surface area contributed by atoms with E-state index < -0.39 is 0 Å². The molecule has 2 aliphatic carbocycles. The first-order valence-corrected chi connectivity index (χ1v) is 9.62. The van der Waals surface area contributed by atoms with E-state index in [4.69, 9.17) is 14.2 Å². The Morgan fingerprint density at radius 2 is 1.56 bits per heavy atom. The summed E-state index contributed by atoms with van der Waals surface area (Å²) in [4.78, 5) is 13.7. The first-order valence-electron chi connectivity index (χ1n) is 9.62. The van der Waals surface area contributed by atoms with Gasteiger partial charge in [0.15, 0.2) is 5.78 Å². The van der Waals surface area contributed by atoms with Gasteiger partial charge in [-0.3, -0.25) is 4.79 Å². The number of methoxy groups -OCH3 is 3. The number of hydrogen-bond donors (Lipinski definition) is 0. The van der Waals surface area contributed by atoms with Gasteiger partial charge in [-0.25, -0.2) is 0 Å². The molecular formula is C23H26O4. The van der Waals surface area contributed by atoms with Gasteiger partial charge in [0.2, 0.25) is 0 Å². The van der Waals surface area contributed by atoms with Gasteiger partial charge in [-0.05, 0) is 54.0 Å². The van der Waals surface area contributed by atoms with Crippen molar-refractivity contribution in [3.63, 3.8) is 0 Å². The van der Waals surface area contributed by atoms with E-state index in [0.717, 1.165) is 41.0 Å². The Labute approximate surface area is 160 Å². The second kappa shape index (κ2) is 7.26. The van der Waals surface area contributed by atoms with Crippen LogP contribution in [-0.4, -0.2) is 27.1 Å². The third kappa shape index (κ3) is 2.97. The largest absolute Gasteiger partial charge is 0.497 e. The highest BCUT2D eigenvalue weighted by Crippen LogP contribution is 2.53. The van der Waals surface area contributed by atoms with Crippen LogP contribution in [0.25, 0.3) is 0 Å². The van der Waals surface area contributed by atoms with Crippen molar-refractivity contribution in [3.8, 4) is 17.2 Å². The van der Waals surface area contributed by atoms with Gasteiger partial charge in [-0.15, -0.1) is 0 Å². The molecule has 4 nitrogen and oxygen atoms in total. The van der Waals surface area contributed by atoms with Gasteiger partial charge in [-0.2, -0.15) is 0 Å². The number of Topliss-reactive ketones (excluding diaryl/α,β-unsaturated/α-hetero) is 1. The molecule has 0 spiro atoms. The van der Waals surface area contributed by atoms with Crippen molar-refractivity contribution in [1.82, 2.24) is 0 Å². The molecule has 2 aromatic carbocycles. The van der Waals surface area contributed by atoms with Crippen LogP contribution in [0.2, 0.25) is 0 Å². The molecule has 0 radical (unpaired) electrons. The van der Waals surface area contributed by atoms with Gasteiger partial charge in [0.1, 0.15) is 17.2 Å². The second-order valence-electron chi connectivity index (χ2n) is 7.46. The zero-order chi connectivity index (χ0) is 19.0. The normalized spacial score (nSPS) is 24.0. The van der Waals surface area contributed by atoms with Crippen molar-refractivity contribution in [2.24, 2.45) is 5.92 Å². The number of hydrogen-bond acceptors (Lipinski definition) is 4. The molecule has 0 bridgehead atoms. The predicted molar refractivity (Wildman–Crippen MR) is 104 cm³/mol. The van der Waals surface area contributed by atoms with E-state index in [1.165, 1.54) is 12.8 Å². The first-order chi connectivity index (χ1) is 13.2. The summed E-state index contributed by atoms with van der Waals surface area (Å²) in [6, 6.07) is 11.8. The quantitative estimate of drug-likeness (QED) is 0.767. The van der Waals surface area contributed by atoms with Crippen LogP contribution in [0.3, 0.4) is 0 Å². The fraction of sp³-hybridized carbons (Fsp3) is 0.435. The van der Waals surface area contributed by atoms with Gasteiger partial charge in [0.25, 0.3) is 0 Å². The summed E-state index contributed by atoms with van der Waals surface area (Å²) in [5, 5.41) is 0. The van der Waals surface area contributed by atoms with Crippen LogP contribution < -0.4 is 14.2 Å². The van der Waals surface area contributed by atoms with Crippen molar-refractivity contribution >= 4 is 5.78 Å². The predicted octanol–water partition coefficient (Wildman–Crippen LogP) is 4.97. The molecule has 2 aromatic rings. The van der Waals surface area contributed by atoms with Crippen molar-refractivity contribution < 1.29 is 19.0 Å². The first kappa shape index (κ1) is 17.9. The number of fused-ring (bicyclic) bond motifs is 3. The molecule has 27 heavy (non-hydrogen) atoms. The maximum absolute atomic E-state index is 13.7. The standard InChI is InChI=1S/C23H26O4/c1-25-15-10-8-14(9-11-15)21-18-7-5-4-6-17(18)19-12-16(26-2)13-20(27-3)22(19)23(21)24/h8-13,17-18,21H,4-7H2,1-3H3. The molecule has 0 aliphatic heterocycles. The topological polar surface area (TPSA) is 44.8 Å². The Morgan fingerprint density at radius 3 is 2.22 bits per heavy atom. The summed E-state index contributed by atoms with van der Waals surface area (Å²) in [6.07, 6.45) is 4.56. The lowest BCUT2D eigenvalue weighted by molar-refractivity contribution is 0.0869. The van der Waals surface area contributed by atoms with Gasteiger partial charge in [0, 0.05) is 6.07 Å². The Hall–Kier alpha value is -2.49. The lowest BCUT2D eigenvalue weighted by atomic mass is 9.61. The van der Waals surface area contributed by atoms with Crippen LogP contribution in [0, 0.1) is 5.92 Å². The average molecular weight is 366 g/mol. The molecule has 1 fully saturated rings. The van der Waals surface area contributed by atoms with Crippen LogP contribution in [0.15, 0.2) is 36.4 Å². The third-order valence-corrected chi connectivity index (χ3v) is 6.21. The summed E-state index contributed by atoms with van der Waals surface area (Å²) in [6.45, 7) is 0. The van der Waals surface area contributed by atoms with Crippen LogP contribution in [0.1, 0.15) is 59.0 Å². The minimum absolute atomic E-state index is 0.129. The summed E-state index contributed by atoms with van der Waals surface area (Å²) in [5.41, 5.74) is 2.91. The minimum atomic E-state index is -0.129. The summed E-state index contributed by atoms with van der Waals surface area (Å²) in [5.74, 6) is 2.91. The maximum atomic E-state index is 13.7. The van der Waals surface area contributed by atoms with Crippen LogP contribution >= 0.6 is 0 Å². The number of ether oxygens (including phenoxy) is 3. The van der Waals surface area contributed by atoms with Crippen molar-refractivity contribution in [2.45, 2.75) is 37.5 Å². The Morgan fingerprint density at radius 1 is 0.852 bits per heavy atom. The van der Waals surface area contributed by atoms with Crippen molar-refractivity contribution in [1.29, 1.82) is 0 Å². The van der Waals surface area contributed by atoms with E-state index in [-0.39, 0.29) is 11.7 Å². The molecule has 142 valence electrons. The van der Waals surface area contributed by atoms with Gasteiger partial charge >= 0.3 is 0 Å². The Kier molecular flexibility index (Phi) is 4.81. The Balaban J connectivity index is 1.86. The van der Waals surface area contributed by atoms with Crippen LogP contribution in [0.4, 0.5) is 0 Å². The molecule has 0 amide bonds. The molecule has 0 saturated heterocycles. The highest BCUT2D eigenvalue weighted by molar-refractivity contribution is 6.06. The van der Waals surface area contributed by atoms with Gasteiger partial charge in [-0.1, -0.05) is 25.0 Å². The fourth-order valence-electron chi connectivity index (χ4n) is 4.95. The van der Waals surface area contributed by atoms with E-state index in [1.807, 2.05) is 36.4 Å². The molecule has 0 aromatic heterocycles. The average Bonchev–Trinajstić information content (AvgIpc) is 2.73. The monoisotopic (exact) mass is 366 g/mol. The molecule has 3 unspecified atom stereocenters. The zero-order valence-corrected chi connectivity index (χ0v) is 16.2. The molecule has 4 rings (SSSR count). The summed E-state index contributed by atoms with van der Waals surface area (Å²) < 4.78 is 16.4. The lowest BCUT2D eigenvalue weighted by Crippen LogP contribution is -2.35. The fourth-order valence-corrected chi connectivity index (χ4v) is 4.95. The molecule has 0 N–H and O–H groups in total. The van der Waals surface area contributed by atoms with E-state index in [9.17, 15) is 4.79 Å². The lowest BCUT2D eigenvalue weighted by Gasteiger charge is -2.42. The molecule has 3 atom stereocenters. The number of carbonyl (C=O) groups is 1. The van der Waals surface area contributed by atoms with Crippen LogP contribution in [0.5, 0.6) is 17.2 Å². The highest BCUT2D eigenvalue weighted by atomic mass is 16.5. The molecule has 4 heteroatoms. The molecule has 0 heterocycles. The van der Waals surface area contributed by atoms with Crippen molar-refractivity contribution in [2.75, 3.05) is 21.3 Å². The van der Waals surface area contributed by atoms with Gasteiger partial charge in [0.05, 0.1) is 32.8 Å². The highest BCUT2D eigenvalue weighted by Gasteiger charge is 2.45. The third-order valence-electron chi connectivity index (χ3n) is 6.21. The number of carbonyl (C=O) groups excluding carboxylic acids is 1. The SMILES string of the molecule is COc1ccc(C2C(=O)c3c(OC)cc(OC)cc3C3CCCCC32)cc1.